The molecule has 2 N–H and O–H groups in total. The lowest BCUT2D eigenvalue weighted by Crippen LogP contribution is -2.24. The van der Waals surface area contributed by atoms with Crippen molar-refractivity contribution in [3.8, 4) is 0 Å². The van der Waals surface area contributed by atoms with Crippen molar-refractivity contribution in [2.75, 3.05) is 11.1 Å². The molecule has 0 aliphatic carbocycles. The summed E-state index contributed by atoms with van der Waals surface area (Å²) in [5, 5.41) is 13.2. The summed E-state index contributed by atoms with van der Waals surface area (Å²) in [4.78, 5) is 37.8. The van der Waals surface area contributed by atoms with Crippen LogP contribution in [0, 0.1) is 0 Å². The Hall–Kier alpha value is -3.60. The molecule has 9 nitrogen and oxygen atoms in total. The van der Waals surface area contributed by atoms with Gasteiger partial charge in [-0.1, -0.05) is 60.3 Å². The highest BCUT2D eigenvalue weighted by atomic mass is 32.2. The molecule has 3 atom stereocenters. The highest BCUT2D eigenvalue weighted by Gasteiger charge is 2.36. The van der Waals surface area contributed by atoms with Gasteiger partial charge in [0.25, 0.3) is 5.91 Å². The number of carbonyl (C=O) groups is 2. The maximum absolute atomic E-state index is 12.5. The first-order chi connectivity index (χ1) is 16.6. The standard InChI is InChI=1S/C24H21N5O4S/c30-17-11-19(33-18(17)12-34-24(32)16-9-5-2-6-10-16)29-14-27-20-21(25-13-26-22(20)29)28-23(31)15-7-3-1-4-8-15/h1-10,13-14,17-19,30H,11-12H2,(H,25,26,28,31)/t17-,18+,19+/m0/s1. The van der Waals surface area contributed by atoms with Crippen molar-refractivity contribution in [3.63, 3.8) is 0 Å². The van der Waals surface area contributed by atoms with Gasteiger partial charge in [0.2, 0.25) is 5.12 Å². The third kappa shape index (κ3) is 4.56. The smallest absolute Gasteiger partial charge is 0.256 e. The van der Waals surface area contributed by atoms with Gasteiger partial charge in [-0.2, -0.15) is 0 Å². The van der Waals surface area contributed by atoms with Crippen LogP contribution in [0.2, 0.25) is 0 Å². The third-order valence-corrected chi connectivity index (χ3v) is 6.52. The van der Waals surface area contributed by atoms with E-state index in [1.165, 1.54) is 6.33 Å². The number of anilines is 1. The summed E-state index contributed by atoms with van der Waals surface area (Å²) in [6.07, 6.45) is 1.46. The number of aliphatic hydroxyl groups is 1. The van der Waals surface area contributed by atoms with Gasteiger partial charge in [-0.3, -0.25) is 14.2 Å². The highest BCUT2D eigenvalue weighted by molar-refractivity contribution is 8.14. The summed E-state index contributed by atoms with van der Waals surface area (Å²) in [7, 11) is 0. The van der Waals surface area contributed by atoms with Crippen LogP contribution >= 0.6 is 11.8 Å². The van der Waals surface area contributed by atoms with E-state index >= 15 is 0 Å². The summed E-state index contributed by atoms with van der Waals surface area (Å²) in [5.41, 5.74) is 2.01. The number of nitrogens with one attached hydrogen (secondary N) is 1. The van der Waals surface area contributed by atoms with Crippen LogP contribution in [-0.4, -0.2) is 53.6 Å². The fraction of sp³-hybridized carbons (Fsp3) is 0.208. The number of thioether (sulfide) groups is 1. The highest BCUT2D eigenvalue weighted by Crippen LogP contribution is 2.33. The lowest BCUT2D eigenvalue weighted by atomic mass is 10.2. The molecule has 34 heavy (non-hydrogen) atoms. The molecule has 0 unspecified atom stereocenters. The van der Waals surface area contributed by atoms with Gasteiger partial charge in [-0.15, -0.1) is 0 Å². The minimum atomic E-state index is -0.738. The molecular formula is C24H21N5O4S. The molecule has 0 radical (unpaired) electrons. The van der Waals surface area contributed by atoms with Crippen LogP contribution in [-0.2, 0) is 4.74 Å². The second-order valence-corrected chi connectivity index (χ2v) is 8.76. The molecule has 1 amide bonds. The molecule has 0 saturated carbocycles. The average Bonchev–Trinajstić information content (AvgIpc) is 3.47. The quantitative estimate of drug-likeness (QED) is 0.436. The van der Waals surface area contributed by atoms with Crippen molar-refractivity contribution in [2.24, 2.45) is 0 Å². The lowest BCUT2D eigenvalue weighted by molar-refractivity contribution is -0.00371. The van der Waals surface area contributed by atoms with Gasteiger partial charge < -0.3 is 15.2 Å². The van der Waals surface area contributed by atoms with Crippen molar-refractivity contribution in [3.05, 3.63) is 84.4 Å². The molecule has 1 fully saturated rings. The second-order valence-electron chi connectivity index (χ2n) is 7.76. The van der Waals surface area contributed by atoms with E-state index in [1.54, 1.807) is 47.3 Å². The van der Waals surface area contributed by atoms with Crippen LogP contribution in [0.1, 0.15) is 33.4 Å². The van der Waals surface area contributed by atoms with E-state index in [-0.39, 0.29) is 16.8 Å². The first-order valence-corrected chi connectivity index (χ1v) is 11.7. The SMILES string of the molecule is O=C(Nc1ncnc2c1ncn2[C@H]1C[C@H](O)[C@@H](CSC(=O)c2ccccc2)O1)c1ccccc1. The Balaban J connectivity index is 1.29. The zero-order chi connectivity index (χ0) is 23.5. The Kier molecular flexibility index (Phi) is 6.35. The number of aliphatic hydroxyl groups excluding tert-OH is 1. The number of nitrogens with zero attached hydrogens (tertiary/aromatic N) is 4. The summed E-state index contributed by atoms with van der Waals surface area (Å²) in [6.45, 7) is 0. The average molecular weight is 476 g/mol. The molecule has 1 aliphatic heterocycles. The van der Waals surface area contributed by atoms with Crippen LogP contribution in [0.5, 0.6) is 0 Å². The molecule has 2 aromatic carbocycles. The fourth-order valence-corrected chi connectivity index (χ4v) is 4.69. The van der Waals surface area contributed by atoms with E-state index in [2.05, 4.69) is 20.3 Å². The molecular weight excluding hydrogens is 454 g/mol. The van der Waals surface area contributed by atoms with Gasteiger partial charge in [0, 0.05) is 23.3 Å². The van der Waals surface area contributed by atoms with Gasteiger partial charge >= 0.3 is 0 Å². The van der Waals surface area contributed by atoms with Crippen molar-refractivity contribution < 1.29 is 19.4 Å². The summed E-state index contributed by atoms with van der Waals surface area (Å²) < 4.78 is 7.77. The number of hydrogen-bond donors (Lipinski definition) is 2. The minimum Gasteiger partial charge on any atom is -0.390 e. The van der Waals surface area contributed by atoms with E-state index in [1.807, 2.05) is 24.3 Å². The molecule has 1 saturated heterocycles. The van der Waals surface area contributed by atoms with Crippen molar-refractivity contribution in [2.45, 2.75) is 24.9 Å². The summed E-state index contributed by atoms with van der Waals surface area (Å²) >= 11 is 1.12. The number of imidazole rings is 1. The second kappa shape index (κ2) is 9.72. The molecule has 0 bridgehead atoms. The largest absolute Gasteiger partial charge is 0.390 e. The number of carbonyl (C=O) groups excluding carboxylic acids is 2. The zero-order valence-electron chi connectivity index (χ0n) is 17.9. The number of amides is 1. The first kappa shape index (κ1) is 22.2. The molecule has 3 heterocycles. The lowest BCUT2D eigenvalue weighted by Gasteiger charge is -2.15. The Labute approximate surface area is 199 Å². The van der Waals surface area contributed by atoms with E-state index in [9.17, 15) is 14.7 Å². The number of aromatic nitrogens is 4. The van der Waals surface area contributed by atoms with E-state index in [4.69, 9.17) is 4.74 Å². The molecule has 172 valence electrons. The van der Waals surface area contributed by atoms with Crippen LogP contribution < -0.4 is 5.32 Å². The summed E-state index contributed by atoms with van der Waals surface area (Å²) in [6, 6.07) is 17.8. The number of ether oxygens (including phenoxy) is 1. The topological polar surface area (TPSA) is 119 Å². The molecule has 4 aromatic rings. The normalized spacial score (nSPS) is 19.9. The minimum absolute atomic E-state index is 0.0699. The Morgan fingerprint density at radius 2 is 1.74 bits per heavy atom. The van der Waals surface area contributed by atoms with Gasteiger partial charge in [0.15, 0.2) is 17.0 Å². The van der Waals surface area contributed by atoms with Crippen LogP contribution in [0.25, 0.3) is 11.2 Å². The van der Waals surface area contributed by atoms with E-state index < -0.39 is 18.4 Å². The van der Waals surface area contributed by atoms with Gasteiger partial charge in [0.05, 0.1) is 18.5 Å². The maximum atomic E-state index is 12.5. The van der Waals surface area contributed by atoms with E-state index in [0.29, 0.717) is 34.5 Å². The predicted octanol–water partition coefficient (Wildman–Crippen LogP) is 3.30. The fourth-order valence-electron chi connectivity index (χ4n) is 3.77. The third-order valence-electron chi connectivity index (χ3n) is 5.53. The monoisotopic (exact) mass is 475 g/mol. The molecule has 5 rings (SSSR count). The molecule has 0 spiro atoms. The number of hydrogen-bond acceptors (Lipinski definition) is 8. The van der Waals surface area contributed by atoms with Crippen LogP contribution in [0.15, 0.2) is 73.3 Å². The van der Waals surface area contributed by atoms with Crippen molar-refractivity contribution in [1.29, 1.82) is 0 Å². The number of benzene rings is 2. The van der Waals surface area contributed by atoms with Crippen molar-refractivity contribution >= 4 is 39.8 Å². The van der Waals surface area contributed by atoms with Gasteiger partial charge in [0.1, 0.15) is 12.6 Å². The number of rotatable bonds is 6. The van der Waals surface area contributed by atoms with E-state index in [0.717, 1.165) is 11.8 Å². The maximum Gasteiger partial charge on any atom is 0.256 e. The first-order valence-electron chi connectivity index (χ1n) is 10.7. The van der Waals surface area contributed by atoms with Crippen LogP contribution in [0.3, 0.4) is 0 Å². The Bertz CT molecular complexity index is 1310. The zero-order valence-corrected chi connectivity index (χ0v) is 18.8. The van der Waals surface area contributed by atoms with Gasteiger partial charge in [-0.05, 0) is 12.1 Å². The Morgan fingerprint density at radius 1 is 1.03 bits per heavy atom. The Morgan fingerprint density at radius 3 is 2.47 bits per heavy atom. The molecule has 1 aliphatic rings. The van der Waals surface area contributed by atoms with Gasteiger partial charge in [-0.25, -0.2) is 15.0 Å². The molecule has 2 aromatic heterocycles. The molecule has 10 heteroatoms. The number of fused-ring (bicyclic) bond motifs is 1. The predicted molar refractivity (Wildman–Crippen MR) is 127 cm³/mol. The van der Waals surface area contributed by atoms with Crippen LogP contribution in [0.4, 0.5) is 5.82 Å². The summed E-state index contributed by atoms with van der Waals surface area (Å²) in [5.74, 6) is 0.311. The van der Waals surface area contributed by atoms with Crippen molar-refractivity contribution in [1.82, 2.24) is 19.5 Å².